The molecular weight excluding hydrogens is 257 g/mol. The molecule has 1 nitrogen and oxygen atoms in total. The number of hydrogen-bond acceptors (Lipinski definition) is 1. The molecule has 0 bridgehead atoms. The van der Waals surface area contributed by atoms with E-state index in [1.807, 2.05) is 0 Å². The van der Waals surface area contributed by atoms with Crippen molar-refractivity contribution >= 4 is 58.3 Å². The van der Waals surface area contributed by atoms with Gasteiger partial charge in [0.25, 0.3) is 0 Å². The van der Waals surface area contributed by atoms with Crippen LogP contribution in [0.2, 0.25) is 0 Å². The first-order valence-electron chi connectivity index (χ1n) is 2.56. The molecule has 0 spiro atoms. The van der Waals surface area contributed by atoms with Gasteiger partial charge in [-0.15, -0.1) is 26.8 Å². The van der Waals surface area contributed by atoms with E-state index < -0.39 is 0 Å². The fourth-order valence-electron chi connectivity index (χ4n) is 0.264. The van der Waals surface area contributed by atoms with Crippen LogP contribution in [0.4, 0.5) is 0 Å². The Morgan fingerprint density at radius 1 is 1.30 bits per heavy atom. The highest BCUT2D eigenvalue weighted by Crippen LogP contribution is 2.68. The summed E-state index contributed by atoms with van der Waals surface area (Å²) in [6.45, 7) is 0.115. The average Bonchev–Trinajstić information content (AvgIpc) is 1.87. The first-order valence-corrected chi connectivity index (χ1v) is 14.2. The molecule has 0 aliphatic rings. The molecule has 0 rings (SSSR count). The Balaban J connectivity index is 2.77. The second-order valence-corrected chi connectivity index (χ2v) is 19.0. The maximum atomic E-state index is 5.39. The Hall–Kier alpha value is 2.97. The fraction of sp³-hybridized carbons (Fsp3) is 1.00. The lowest BCUT2D eigenvalue weighted by Gasteiger charge is -2.05. The standard InChI is InChI=1S/C2H13OP7/c4-9-7-1-3-2-8-10(5)6/h7-9H,1-2,4-6H2. The molecule has 6 unspecified atom stereocenters. The topological polar surface area (TPSA) is 9.23 Å². The van der Waals surface area contributed by atoms with Crippen molar-refractivity contribution in [1.29, 1.82) is 0 Å². The van der Waals surface area contributed by atoms with Gasteiger partial charge in [0.15, 0.2) is 0 Å². The van der Waals surface area contributed by atoms with Crippen LogP contribution in [0.25, 0.3) is 0 Å². The number of rotatable bonds is 6. The second-order valence-electron chi connectivity index (χ2n) is 1.38. The van der Waals surface area contributed by atoms with E-state index in [9.17, 15) is 0 Å². The first kappa shape index (κ1) is 13.0. The van der Waals surface area contributed by atoms with Gasteiger partial charge in [0.05, 0.1) is 12.7 Å². The summed E-state index contributed by atoms with van der Waals surface area (Å²) < 4.78 is 5.39. The minimum absolute atomic E-state index is 0.115. The van der Waals surface area contributed by atoms with Crippen molar-refractivity contribution in [3.63, 3.8) is 0 Å². The van der Waals surface area contributed by atoms with Crippen molar-refractivity contribution in [2.45, 2.75) is 0 Å². The van der Waals surface area contributed by atoms with Crippen molar-refractivity contribution in [3.8, 4) is 0 Å². The van der Waals surface area contributed by atoms with E-state index in [0.29, 0.717) is 0 Å². The quantitative estimate of drug-likeness (QED) is 0.529. The zero-order chi connectivity index (χ0) is 7.82. The number of hydrogen-bond donors (Lipinski definition) is 0. The maximum absolute atomic E-state index is 5.39. The van der Waals surface area contributed by atoms with Crippen LogP contribution in [0, 0.1) is 0 Å². The van der Waals surface area contributed by atoms with Gasteiger partial charge in [-0.3, -0.25) is 0 Å². The Morgan fingerprint density at radius 3 is 2.50 bits per heavy atom. The molecule has 0 aromatic carbocycles. The lowest BCUT2D eigenvalue weighted by atomic mass is 11.5. The fourth-order valence-corrected chi connectivity index (χ4v) is 4.47. The summed E-state index contributed by atoms with van der Waals surface area (Å²) in [6, 6.07) is 0. The van der Waals surface area contributed by atoms with Crippen molar-refractivity contribution in [1.82, 2.24) is 0 Å². The van der Waals surface area contributed by atoms with Crippen molar-refractivity contribution in [2.24, 2.45) is 0 Å². The minimum Gasteiger partial charge on any atom is -0.372 e. The van der Waals surface area contributed by atoms with E-state index in [0.717, 1.165) is 37.2 Å². The third-order valence-electron chi connectivity index (χ3n) is 0.625. The van der Waals surface area contributed by atoms with Crippen LogP contribution in [-0.2, 0) is 4.74 Å². The summed E-state index contributed by atoms with van der Waals surface area (Å²) in [7, 11) is 11.3. The zero-order valence-corrected chi connectivity index (χ0v) is 12.9. The first-order chi connectivity index (χ1) is 4.77. The predicted molar refractivity (Wildman–Crippen MR) is 71.8 cm³/mol. The highest BCUT2D eigenvalue weighted by Gasteiger charge is 1.91. The highest BCUT2D eigenvalue weighted by molar-refractivity contribution is 8.68. The summed E-state index contributed by atoms with van der Waals surface area (Å²) in [5.41, 5.74) is 0. The molecule has 0 radical (unpaired) electrons. The Morgan fingerprint density at radius 2 is 2.00 bits per heavy atom. The van der Waals surface area contributed by atoms with Crippen LogP contribution in [0.5, 0.6) is 0 Å². The Kier molecular flexibility index (Phi) is 13.0. The molecule has 0 aromatic rings. The normalized spacial score (nSPS) is 14.4. The van der Waals surface area contributed by atoms with E-state index >= 15 is 0 Å². The summed E-state index contributed by atoms with van der Waals surface area (Å²) in [5.74, 6) is 0. The van der Waals surface area contributed by atoms with Gasteiger partial charge in [-0.25, -0.2) is 0 Å². The second kappa shape index (κ2) is 10.1. The van der Waals surface area contributed by atoms with Gasteiger partial charge in [0.1, 0.15) is 0 Å². The van der Waals surface area contributed by atoms with E-state index in [-0.39, 0.29) is 6.99 Å². The van der Waals surface area contributed by atoms with Crippen LogP contribution < -0.4 is 0 Å². The third-order valence-corrected chi connectivity index (χ3v) is 9.53. The van der Waals surface area contributed by atoms with Gasteiger partial charge >= 0.3 is 0 Å². The maximum Gasteiger partial charge on any atom is 0.0682 e. The smallest absolute Gasteiger partial charge is 0.0682 e. The van der Waals surface area contributed by atoms with Gasteiger partial charge in [-0.2, -0.15) is 0 Å². The molecule has 62 valence electrons. The molecule has 8 heteroatoms. The lowest BCUT2D eigenvalue weighted by molar-refractivity contribution is 0.239. The van der Waals surface area contributed by atoms with E-state index in [4.69, 9.17) is 4.74 Å². The highest BCUT2D eigenvalue weighted by atomic mass is 32.7. The van der Waals surface area contributed by atoms with Crippen molar-refractivity contribution < 1.29 is 4.74 Å². The minimum atomic E-state index is 0.115. The molecule has 0 aliphatic heterocycles. The van der Waals surface area contributed by atoms with Gasteiger partial charge in [0.2, 0.25) is 0 Å². The zero-order valence-electron chi connectivity index (χ0n) is 5.50. The predicted octanol–water partition coefficient (Wildman–Crippen LogP) is 3.64. The van der Waals surface area contributed by atoms with E-state index in [1.165, 1.54) is 0 Å². The third kappa shape index (κ3) is 11.0. The lowest BCUT2D eigenvalue weighted by Crippen LogP contribution is -1.81. The van der Waals surface area contributed by atoms with Crippen LogP contribution >= 0.6 is 58.3 Å². The molecule has 0 saturated carbocycles. The average molecular weight is 270 g/mol. The van der Waals surface area contributed by atoms with Crippen molar-refractivity contribution in [3.05, 3.63) is 0 Å². The molecule has 6 atom stereocenters. The largest absolute Gasteiger partial charge is 0.372 e. The van der Waals surface area contributed by atoms with E-state index in [2.05, 4.69) is 26.8 Å². The molecule has 0 aliphatic carbocycles. The molecule has 0 saturated heterocycles. The molecular formula is C2H13OP7. The van der Waals surface area contributed by atoms with Gasteiger partial charge in [-0.1, -0.05) is 24.5 Å². The summed E-state index contributed by atoms with van der Waals surface area (Å²) in [6.07, 6.45) is 1.92. The van der Waals surface area contributed by atoms with Crippen molar-refractivity contribution in [2.75, 3.05) is 12.7 Å². The molecule has 0 N–H and O–H groups in total. The van der Waals surface area contributed by atoms with E-state index in [1.54, 1.807) is 0 Å². The van der Waals surface area contributed by atoms with Crippen LogP contribution in [-0.4, -0.2) is 12.7 Å². The monoisotopic (exact) mass is 270 g/mol. The SMILES string of the molecule is PPPCOCPP(P)P. The van der Waals surface area contributed by atoms with Crippen LogP contribution in [0.3, 0.4) is 0 Å². The molecule has 0 aromatic heterocycles. The van der Waals surface area contributed by atoms with Crippen LogP contribution in [0.1, 0.15) is 0 Å². The summed E-state index contributed by atoms with van der Waals surface area (Å²) in [4.78, 5) is 0. The molecule has 0 heterocycles. The van der Waals surface area contributed by atoms with Gasteiger partial charge in [0, 0.05) is 0 Å². The Labute approximate surface area is 75.9 Å². The molecule has 10 heavy (non-hydrogen) atoms. The summed E-state index contributed by atoms with van der Waals surface area (Å²) >= 11 is 0. The molecule has 0 amide bonds. The summed E-state index contributed by atoms with van der Waals surface area (Å²) in [5, 5.41) is 0. The molecule has 0 fully saturated rings. The van der Waals surface area contributed by atoms with Gasteiger partial charge in [-0.05, 0) is 6.99 Å². The van der Waals surface area contributed by atoms with Gasteiger partial charge < -0.3 is 4.74 Å². The van der Waals surface area contributed by atoms with Crippen LogP contribution in [0.15, 0.2) is 0 Å². The number of ether oxygens (including phenoxy) is 1. The Bertz CT molecular complexity index is 66.6.